The molecule has 0 radical (unpaired) electrons. The number of terminal acetylenes is 1. The maximum Gasteiger partial charge on any atom is 0.159 e. The Labute approximate surface area is 187 Å². The quantitative estimate of drug-likeness (QED) is 0.454. The van der Waals surface area contributed by atoms with Gasteiger partial charge in [0.1, 0.15) is 19.0 Å². The Morgan fingerprint density at radius 2 is 1.81 bits per heavy atom. The van der Waals surface area contributed by atoms with Gasteiger partial charge in [-0.25, -0.2) is 8.78 Å². The van der Waals surface area contributed by atoms with Crippen molar-refractivity contribution in [3.05, 3.63) is 94.6 Å². The summed E-state index contributed by atoms with van der Waals surface area (Å²) < 4.78 is 32.7. The van der Waals surface area contributed by atoms with Gasteiger partial charge >= 0.3 is 0 Å². The third-order valence-corrected chi connectivity index (χ3v) is 5.49. The van der Waals surface area contributed by atoms with Crippen molar-refractivity contribution in [1.29, 1.82) is 0 Å². The average Bonchev–Trinajstić information content (AvgIpc) is 2.80. The lowest BCUT2D eigenvalue weighted by atomic mass is 9.95. The number of hydrogen-bond donors (Lipinski definition) is 0. The van der Waals surface area contributed by atoms with Gasteiger partial charge in [0.05, 0.1) is 5.71 Å². The van der Waals surface area contributed by atoms with Gasteiger partial charge in [0.2, 0.25) is 0 Å². The fraction of sp³-hybridized carbons (Fsp3) is 0.222. The Bertz CT molecular complexity index is 1190. The summed E-state index contributed by atoms with van der Waals surface area (Å²) in [6.07, 6.45) is 5.34. The van der Waals surface area contributed by atoms with E-state index in [-0.39, 0.29) is 6.61 Å². The lowest BCUT2D eigenvalue weighted by Gasteiger charge is -2.31. The first-order valence-corrected chi connectivity index (χ1v) is 10.5. The van der Waals surface area contributed by atoms with Crippen LogP contribution in [0.2, 0.25) is 0 Å². The van der Waals surface area contributed by atoms with Crippen molar-refractivity contribution >= 4 is 11.4 Å². The highest BCUT2D eigenvalue weighted by Crippen LogP contribution is 2.33. The van der Waals surface area contributed by atoms with Crippen LogP contribution in [-0.2, 0) is 6.54 Å². The van der Waals surface area contributed by atoms with Crippen molar-refractivity contribution in [1.82, 2.24) is 0 Å². The zero-order valence-electron chi connectivity index (χ0n) is 18.1. The minimum atomic E-state index is -0.854. The average molecular weight is 430 g/mol. The number of fused-ring (bicyclic) bond motifs is 1. The molecule has 3 aromatic rings. The molecule has 5 heteroatoms. The van der Waals surface area contributed by atoms with Crippen molar-refractivity contribution < 1.29 is 13.5 Å². The minimum Gasteiger partial charge on any atom is -0.481 e. The van der Waals surface area contributed by atoms with Gasteiger partial charge in [0.15, 0.2) is 11.6 Å². The summed E-state index contributed by atoms with van der Waals surface area (Å²) in [6, 6.07) is 18.1. The third kappa shape index (κ3) is 4.50. The van der Waals surface area contributed by atoms with Gasteiger partial charge in [-0.15, -0.1) is 6.42 Å². The van der Waals surface area contributed by atoms with Crippen LogP contribution in [0.25, 0.3) is 0 Å². The van der Waals surface area contributed by atoms with Crippen LogP contribution in [0.1, 0.15) is 42.0 Å². The summed E-state index contributed by atoms with van der Waals surface area (Å²) in [5.41, 5.74) is 5.66. The molecule has 4 rings (SSSR count). The highest BCUT2D eigenvalue weighted by Gasteiger charge is 2.23. The molecule has 0 saturated carbocycles. The number of nitrogens with zero attached hydrogens (tertiary/aromatic N) is 2. The van der Waals surface area contributed by atoms with E-state index in [0.29, 0.717) is 30.4 Å². The van der Waals surface area contributed by atoms with E-state index in [1.165, 1.54) is 11.6 Å². The van der Waals surface area contributed by atoms with Crippen LogP contribution in [0.4, 0.5) is 14.5 Å². The van der Waals surface area contributed by atoms with Gasteiger partial charge in [0, 0.05) is 23.4 Å². The molecule has 0 aliphatic carbocycles. The third-order valence-electron chi connectivity index (χ3n) is 5.49. The van der Waals surface area contributed by atoms with Gasteiger partial charge in [-0.1, -0.05) is 50.1 Å². The Balaban J connectivity index is 1.71. The lowest BCUT2D eigenvalue weighted by molar-refractivity contribution is 0.370. The number of hydrogen-bond acceptors (Lipinski definition) is 3. The number of rotatable bonds is 6. The summed E-state index contributed by atoms with van der Waals surface area (Å²) in [4.78, 5) is 6.86. The number of halogens is 2. The summed E-state index contributed by atoms with van der Waals surface area (Å²) in [5, 5.41) is 0. The molecule has 0 amide bonds. The SMILES string of the molecule is C#CCOc1ccc2c(c1)C(c1ccc(C(C)C)cc1)=NCN2Cc1ccc(F)c(F)c1. The molecule has 0 atom stereocenters. The Kier molecular flexibility index (Phi) is 6.23. The van der Waals surface area contributed by atoms with E-state index in [9.17, 15) is 8.78 Å². The van der Waals surface area contributed by atoms with Gasteiger partial charge in [-0.2, -0.15) is 0 Å². The molecule has 0 spiro atoms. The Hall–Kier alpha value is -3.65. The second kappa shape index (κ2) is 9.23. The van der Waals surface area contributed by atoms with Crippen LogP contribution in [0, 0.1) is 24.0 Å². The fourth-order valence-corrected chi connectivity index (χ4v) is 3.78. The van der Waals surface area contributed by atoms with Crippen molar-refractivity contribution in [3.8, 4) is 18.1 Å². The molecule has 1 heterocycles. The number of ether oxygens (including phenoxy) is 1. The molecule has 1 aliphatic heterocycles. The summed E-state index contributed by atoms with van der Waals surface area (Å²) in [6.45, 7) is 5.30. The van der Waals surface area contributed by atoms with Gasteiger partial charge in [-0.05, 0) is 47.4 Å². The van der Waals surface area contributed by atoms with Crippen molar-refractivity contribution in [2.75, 3.05) is 18.2 Å². The van der Waals surface area contributed by atoms with Crippen LogP contribution in [0.3, 0.4) is 0 Å². The number of benzene rings is 3. The van der Waals surface area contributed by atoms with Crippen LogP contribution in [-0.4, -0.2) is 19.0 Å². The highest BCUT2D eigenvalue weighted by atomic mass is 19.2. The summed E-state index contributed by atoms with van der Waals surface area (Å²) in [5.74, 6) is 1.87. The van der Waals surface area contributed by atoms with Gasteiger partial charge in [0.25, 0.3) is 0 Å². The first kappa shape index (κ1) is 21.6. The van der Waals surface area contributed by atoms with Crippen molar-refractivity contribution in [3.63, 3.8) is 0 Å². The Morgan fingerprint density at radius 1 is 1.03 bits per heavy atom. The normalized spacial score (nSPS) is 12.9. The van der Waals surface area contributed by atoms with E-state index in [4.69, 9.17) is 16.2 Å². The summed E-state index contributed by atoms with van der Waals surface area (Å²) >= 11 is 0. The maximum atomic E-state index is 13.7. The molecule has 0 aromatic heterocycles. The van der Waals surface area contributed by atoms with Crippen LogP contribution in [0.5, 0.6) is 5.75 Å². The number of aliphatic imine (C=N–C) groups is 1. The first-order chi connectivity index (χ1) is 15.5. The Morgan fingerprint density at radius 3 is 2.50 bits per heavy atom. The van der Waals surface area contributed by atoms with Crippen molar-refractivity contribution in [2.45, 2.75) is 26.3 Å². The second-order valence-corrected chi connectivity index (χ2v) is 8.04. The molecule has 0 bridgehead atoms. The molecular formula is C27H24F2N2O. The molecule has 0 fully saturated rings. The van der Waals surface area contributed by atoms with Crippen molar-refractivity contribution in [2.24, 2.45) is 4.99 Å². The zero-order chi connectivity index (χ0) is 22.7. The maximum absolute atomic E-state index is 13.7. The molecule has 3 nitrogen and oxygen atoms in total. The molecular weight excluding hydrogens is 406 g/mol. The second-order valence-electron chi connectivity index (χ2n) is 8.04. The predicted octanol–water partition coefficient (Wildman–Crippen LogP) is 5.92. The lowest BCUT2D eigenvalue weighted by Crippen LogP contribution is -2.30. The largest absolute Gasteiger partial charge is 0.481 e. The van der Waals surface area contributed by atoms with E-state index < -0.39 is 11.6 Å². The molecule has 0 unspecified atom stereocenters. The fourth-order valence-electron chi connectivity index (χ4n) is 3.78. The molecule has 0 N–H and O–H groups in total. The van der Waals surface area contributed by atoms with E-state index in [1.54, 1.807) is 6.07 Å². The molecule has 32 heavy (non-hydrogen) atoms. The highest BCUT2D eigenvalue weighted by molar-refractivity contribution is 6.17. The van der Waals surface area contributed by atoms with Gasteiger partial charge < -0.3 is 9.64 Å². The predicted molar refractivity (Wildman–Crippen MR) is 124 cm³/mol. The molecule has 162 valence electrons. The van der Waals surface area contributed by atoms with Crippen LogP contribution >= 0.6 is 0 Å². The zero-order valence-corrected chi connectivity index (χ0v) is 18.1. The smallest absolute Gasteiger partial charge is 0.159 e. The van der Waals surface area contributed by atoms with E-state index in [0.717, 1.165) is 28.6 Å². The van der Waals surface area contributed by atoms with E-state index >= 15 is 0 Å². The van der Waals surface area contributed by atoms with E-state index in [1.807, 2.05) is 23.1 Å². The molecule has 1 aliphatic rings. The first-order valence-electron chi connectivity index (χ1n) is 10.5. The minimum absolute atomic E-state index is 0.174. The van der Waals surface area contributed by atoms with Crippen LogP contribution in [0.15, 0.2) is 65.7 Å². The standard InChI is InChI=1S/C27H24F2N2O/c1-4-13-32-22-10-12-26-23(15-22)27(21-8-6-20(7-9-21)18(2)3)30-17-31(26)16-19-5-11-24(28)25(29)14-19/h1,5-12,14-15,18H,13,16-17H2,2-3H3. The van der Waals surface area contributed by atoms with Crippen LogP contribution < -0.4 is 9.64 Å². The molecule has 3 aromatic carbocycles. The van der Waals surface area contributed by atoms with Gasteiger partial charge in [-0.3, -0.25) is 4.99 Å². The summed E-state index contributed by atoms with van der Waals surface area (Å²) in [7, 11) is 0. The topological polar surface area (TPSA) is 24.8 Å². The monoisotopic (exact) mass is 430 g/mol. The molecule has 0 saturated heterocycles. The number of anilines is 1. The van der Waals surface area contributed by atoms with E-state index in [2.05, 4.69) is 44.0 Å².